The Labute approximate surface area is 161 Å². The zero-order valence-corrected chi connectivity index (χ0v) is 15.7. The van der Waals surface area contributed by atoms with Crippen LogP contribution < -0.4 is 10.2 Å². The maximum Gasteiger partial charge on any atom is 0.245 e. The summed E-state index contributed by atoms with van der Waals surface area (Å²) < 4.78 is 40.3. The van der Waals surface area contributed by atoms with E-state index in [1.807, 2.05) is 0 Å². The van der Waals surface area contributed by atoms with Crippen molar-refractivity contribution in [1.29, 1.82) is 0 Å². The Kier molecular flexibility index (Phi) is 4.64. The minimum atomic E-state index is -3.96. The van der Waals surface area contributed by atoms with Crippen LogP contribution in [-0.2, 0) is 19.6 Å². The van der Waals surface area contributed by atoms with Crippen LogP contribution in [0.4, 0.5) is 15.8 Å². The summed E-state index contributed by atoms with van der Waals surface area (Å²) in [5.74, 6) is -1.31. The normalized spacial score (nSPS) is 20.0. The molecule has 2 aliphatic heterocycles. The lowest BCUT2D eigenvalue weighted by Gasteiger charge is -2.33. The topological polar surface area (TPSA) is 86.8 Å². The molecule has 0 radical (unpaired) electrons. The number of amides is 2. The molecule has 2 aromatic carbocycles. The summed E-state index contributed by atoms with van der Waals surface area (Å²) in [5.41, 5.74) is 1.05. The molecule has 1 saturated heterocycles. The molecule has 0 aromatic heterocycles. The Morgan fingerprint density at radius 3 is 2.57 bits per heavy atom. The summed E-state index contributed by atoms with van der Waals surface area (Å²) >= 11 is 0. The van der Waals surface area contributed by atoms with Crippen LogP contribution in [0.25, 0.3) is 0 Å². The minimum Gasteiger partial charge on any atom is -0.323 e. The predicted molar refractivity (Wildman–Crippen MR) is 101 cm³/mol. The first-order valence-electron chi connectivity index (χ1n) is 8.85. The van der Waals surface area contributed by atoms with Gasteiger partial charge in [-0.05, 0) is 49.2 Å². The molecule has 0 aliphatic carbocycles. The highest BCUT2D eigenvalue weighted by atomic mass is 32.2. The number of carbonyl (C=O) groups is 2. The van der Waals surface area contributed by atoms with Gasteiger partial charge < -0.3 is 5.32 Å². The van der Waals surface area contributed by atoms with Crippen molar-refractivity contribution in [3.05, 3.63) is 54.3 Å². The molecule has 2 amide bonds. The van der Waals surface area contributed by atoms with Gasteiger partial charge in [-0.15, -0.1) is 0 Å². The van der Waals surface area contributed by atoms with E-state index in [1.54, 1.807) is 24.3 Å². The second-order valence-corrected chi connectivity index (χ2v) is 8.61. The third-order valence-corrected chi connectivity index (χ3v) is 6.87. The highest BCUT2D eigenvalue weighted by Crippen LogP contribution is 2.33. The van der Waals surface area contributed by atoms with Crippen molar-refractivity contribution in [3.8, 4) is 0 Å². The molecule has 0 unspecified atom stereocenters. The minimum absolute atomic E-state index is 0.0645. The molecule has 1 N–H and O–H groups in total. The number of anilines is 2. The van der Waals surface area contributed by atoms with Crippen LogP contribution in [0.2, 0.25) is 0 Å². The molecule has 2 aromatic rings. The van der Waals surface area contributed by atoms with E-state index in [9.17, 15) is 22.4 Å². The molecule has 0 saturated carbocycles. The van der Waals surface area contributed by atoms with Gasteiger partial charge >= 0.3 is 0 Å². The maximum absolute atomic E-state index is 13.2. The van der Waals surface area contributed by atoms with Crippen molar-refractivity contribution < 1.29 is 22.4 Å². The molecule has 28 heavy (non-hydrogen) atoms. The van der Waals surface area contributed by atoms with Crippen molar-refractivity contribution >= 4 is 33.2 Å². The van der Waals surface area contributed by atoms with Crippen LogP contribution >= 0.6 is 0 Å². The van der Waals surface area contributed by atoms with Crippen LogP contribution in [0.15, 0.2) is 53.4 Å². The Morgan fingerprint density at radius 1 is 1.11 bits per heavy atom. The summed E-state index contributed by atoms with van der Waals surface area (Å²) in [6.07, 6.45) is 0.887. The number of para-hydroxylation sites is 2. The first-order valence-corrected chi connectivity index (χ1v) is 10.3. The quantitative estimate of drug-likeness (QED) is 0.849. The van der Waals surface area contributed by atoms with Crippen LogP contribution in [-0.4, -0.2) is 43.7 Å². The largest absolute Gasteiger partial charge is 0.323 e. The summed E-state index contributed by atoms with van der Waals surface area (Å²) in [6.45, 7) is 0.0224. The van der Waals surface area contributed by atoms with E-state index in [-0.39, 0.29) is 23.9 Å². The predicted octanol–water partition coefficient (Wildman–Crippen LogP) is 1.96. The summed E-state index contributed by atoms with van der Waals surface area (Å²) in [6, 6.07) is 10.5. The first-order chi connectivity index (χ1) is 13.4. The second-order valence-electron chi connectivity index (χ2n) is 6.72. The Balaban J connectivity index is 1.66. The Hall–Kier alpha value is -2.78. The average molecular weight is 403 g/mol. The van der Waals surface area contributed by atoms with Gasteiger partial charge in [-0.25, -0.2) is 12.8 Å². The van der Waals surface area contributed by atoms with Crippen molar-refractivity contribution in [2.45, 2.75) is 23.8 Å². The molecule has 0 bridgehead atoms. The zero-order chi connectivity index (χ0) is 19.9. The number of sulfonamides is 1. The number of benzene rings is 2. The van der Waals surface area contributed by atoms with Gasteiger partial charge in [-0.3, -0.25) is 14.5 Å². The Bertz CT molecular complexity index is 1040. The molecule has 2 aliphatic rings. The lowest BCUT2D eigenvalue weighted by molar-refractivity contribution is -0.124. The molecule has 4 rings (SSSR count). The SMILES string of the molecule is O=C1CN(C(=O)[C@H]2CCCN2S(=O)(=O)c2ccc(F)cc2)c2ccccc2N1. The van der Waals surface area contributed by atoms with Crippen LogP contribution in [0.3, 0.4) is 0 Å². The van der Waals surface area contributed by atoms with E-state index in [0.29, 0.717) is 24.2 Å². The molecule has 1 atom stereocenters. The summed E-state index contributed by atoms with van der Waals surface area (Å²) in [7, 11) is -3.96. The standard InChI is InChI=1S/C19H18FN3O4S/c20-13-7-9-14(10-8-13)28(26,27)23-11-3-6-17(23)19(25)22-12-18(24)21-15-4-1-2-5-16(15)22/h1-2,4-5,7-10,17H,3,6,11-12H2,(H,21,24)/t17-/m1/s1. The maximum atomic E-state index is 13.2. The lowest BCUT2D eigenvalue weighted by atomic mass is 10.1. The number of nitrogens with zero attached hydrogens (tertiary/aromatic N) is 2. The van der Waals surface area contributed by atoms with Gasteiger partial charge in [0.1, 0.15) is 18.4 Å². The van der Waals surface area contributed by atoms with Crippen molar-refractivity contribution in [2.75, 3.05) is 23.3 Å². The molecule has 2 heterocycles. The van der Waals surface area contributed by atoms with E-state index in [4.69, 9.17) is 0 Å². The smallest absolute Gasteiger partial charge is 0.245 e. The number of hydrogen-bond acceptors (Lipinski definition) is 4. The molecular formula is C19H18FN3O4S. The van der Waals surface area contributed by atoms with Gasteiger partial charge in [0.05, 0.1) is 16.3 Å². The first kappa shape index (κ1) is 18.6. The number of fused-ring (bicyclic) bond motifs is 1. The van der Waals surface area contributed by atoms with Gasteiger partial charge in [0.2, 0.25) is 21.8 Å². The van der Waals surface area contributed by atoms with E-state index in [2.05, 4.69) is 5.32 Å². The average Bonchev–Trinajstić information content (AvgIpc) is 3.18. The number of rotatable bonds is 3. The molecule has 9 heteroatoms. The van der Waals surface area contributed by atoms with Gasteiger partial charge in [0.15, 0.2) is 0 Å². The third kappa shape index (κ3) is 3.16. The fraction of sp³-hybridized carbons (Fsp3) is 0.263. The number of carbonyl (C=O) groups excluding carboxylic acids is 2. The number of nitrogens with one attached hydrogen (secondary N) is 1. The van der Waals surface area contributed by atoms with Gasteiger partial charge in [-0.1, -0.05) is 12.1 Å². The van der Waals surface area contributed by atoms with Crippen LogP contribution in [0.5, 0.6) is 0 Å². The van der Waals surface area contributed by atoms with Gasteiger partial charge in [0.25, 0.3) is 0 Å². The molecular weight excluding hydrogens is 385 g/mol. The Morgan fingerprint density at radius 2 is 1.82 bits per heavy atom. The molecule has 146 valence electrons. The molecule has 7 nitrogen and oxygen atoms in total. The number of hydrogen-bond donors (Lipinski definition) is 1. The zero-order valence-electron chi connectivity index (χ0n) is 14.8. The van der Waals surface area contributed by atoms with Crippen molar-refractivity contribution in [2.24, 2.45) is 0 Å². The highest BCUT2D eigenvalue weighted by molar-refractivity contribution is 7.89. The fourth-order valence-corrected chi connectivity index (χ4v) is 5.28. The number of halogens is 1. The van der Waals surface area contributed by atoms with Crippen molar-refractivity contribution in [1.82, 2.24) is 4.31 Å². The summed E-state index contributed by atoms with van der Waals surface area (Å²) in [4.78, 5) is 26.5. The van der Waals surface area contributed by atoms with Gasteiger partial charge in [-0.2, -0.15) is 4.31 Å². The van der Waals surface area contributed by atoms with E-state index in [1.165, 1.54) is 17.0 Å². The van der Waals surface area contributed by atoms with Crippen LogP contribution in [0, 0.1) is 5.82 Å². The fourth-order valence-electron chi connectivity index (χ4n) is 3.63. The van der Waals surface area contributed by atoms with E-state index < -0.39 is 27.8 Å². The monoisotopic (exact) mass is 403 g/mol. The van der Waals surface area contributed by atoms with Crippen LogP contribution in [0.1, 0.15) is 12.8 Å². The van der Waals surface area contributed by atoms with Crippen molar-refractivity contribution in [3.63, 3.8) is 0 Å². The van der Waals surface area contributed by atoms with E-state index >= 15 is 0 Å². The second kappa shape index (κ2) is 6.99. The molecule has 1 fully saturated rings. The van der Waals surface area contributed by atoms with E-state index in [0.717, 1.165) is 16.4 Å². The van der Waals surface area contributed by atoms with Gasteiger partial charge in [0, 0.05) is 6.54 Å². The highest BCUT2D eigenvalue weighted by Gasteiger charge is 2.42. The molecule has 0 spiro atoms. The lowest BCUT2D eigenvalue weighted by Crippen LogP contribution is -2.51. The summed E-state index contributed by atoms with van der Waals surface area (Å²) in [5, 5.41) is 2.71. The third-order valence-electron chi connectivity index (χ3n) is 4.95.